The molecule has 28 heavy (non-hydrogen) atoms. The number of methoxy groups -OCH3 is 1. The molecule has 0 spiro atoms. The highest BCUT2D eigenvalue weighted by atomic mass is 16.5. The van der Waals surface area contributed by atoms with E-state index in [0.717, 1.165) is 5.75 Å². The van der Waals surface area contributed by atoms with Crippen LogP contribution in [0.15, 0.2) is 24.3 Å². The molecule has 0 aromatic heterocycles. The number of unbranched alkanes of at least 4 members (excludes halogenated alkanes) is 12. The van der Waals surface area contributed by atoms with Crippen LogP contribution in [0.3, 0.4) is 0 Å². The average Bonchev–Trinajstić information content (AvgIpc) is 2.72. The molecule has 1 unspecified atom stereocenters. The molecule has 0 amide bonds. The third-order valence-electron chi connectivity index (χ3n) is 6.42. The van der Waals surface area contributed by atoms with E-state index in [1.54, 1.807) is 0 Å². The van der Waals surface area contributed by atoms with E-state index in [1.165, 1.54) is 108 Å². The molecule has 0 aliphatic heterocycles. The summed E-state index contributed by atoms with van der Waals surface area (Å²) >= 11 is 0. The Balaban J connectivity index is 2.53. The molecule has 1 rings (SSSR count). The molecule has 1 atom stereocenters. The van der Waals surface area contributed by atoms with Crippen LogP contribution >= 0.6 is 0 Å². The van der Waals surface area contributed by atoms with Crippen LogP contribution in [0.25, 0.3) is 0 Å². The minimum absolute atomic E-state index is 0.250. The molecule has 0 heterocycles. The minimum Gasteiger partial charge on any atom is -0.496 e. The van der Waals surface area contributed by atoms with Crippen LogP contribution < -0.4 is 4.74 Å². The van der Waals surface area contributed by atoms with Gasteiger partial charge in [-0.2, -0.15) is 0 Å². The predicted octanol–water partition coefficient (Wildman–Crippen LogP) is 9.23. The molecule has 0 fully saturated rings. The monoisotopic (exact) mass is 388 g/mol. The number of para-hydroxylation sites is 1. The molecule has 0 aliphatic carbocycles. The van der Waals surface area contributed by atoms with Gasteiger partial charge in [-0.15, -0.1) is 0 Å². The van der Waals surface area contributed by atoms with Crippen molar-refractivity contribution in [3.8, 4) is 5.75 Å². The van der Waals surface area contributed by atoms with Gasteiger partial charge in [0.15, 0.2) is 0 Å². The van der Waals surface area contributed by atoms with Crippen molar-refractivity contribution in [2.45, 2.75) is 129 Å². The molecule has 162 valence electrons. The van der Waals surface area contributed by atoms with E-state index >= 15 is 0 Å². The van der Waals surface area contributed by atoms with Gasteiger partial charge in [-0.25, -0.2) is 0 Å². The number of hydrogen-bond donors (Lipinski definition) is 0. The minimum atomic E-state index is 0.250. The third-order valence-corrected chi connectivity index (χ3v) is 6.42. The Bertz CT molecular complexity index is 481. The zero-order valence-corrected chi connectivity index (χ0v) is 19.5. The fourth-order valence-corrected chi connectivity index (χ4v) is 4.48. The number of benzene rings is 1. The molecule has 0 saturated heterocycles. The molecule has 0 N–H and O–H groups in total. The molecule has 1 nitrogen and oxygen atoms in total. The third kappa shape index (κ3) is 9.99. The Labute approximate surface area is 176 Å². The van der Waals surface area contributed by atoms with Crippen LogP contribution in [-0.2, 0) is 5.41 Å². The quantitative estimate of drug-likeness (QED) is 0.228. The van der Waals surface area contributed by atoms with Gasteiger partial charge in [0, 0.05) is 5.56 Å². The Morgan fingerprint density at radius 1 is 0.643 bits per heavy atom. The SMILES string of the molecule is CCCCCCCCCCC(C)(CCCCCCCC)c1ccccc1OC. The molecule has 0 saturated carbocycles. The fraction of sp³-hybridized carbons (Fsp3) is 0.778. The second kappa shape index (κ2) is 15.9. The van der Waals surface area contributed by atoms with Gasteiger partial charge in [0.25, 0.3) is 0 Å². The number of hydrogen-bond acceptors (Lipinski definition) is 1. The zero-order valence-electron chi connectivity index (χ0n) is 19.5. The molecular formula is C27H48O. The van der Waals surface area contributed by atoms with Gasteiger partial charge in [-0.05, 0) is 24.3 Å². The largest absolute Gasteiger partial charge is 0.496 e. The van der Waals surface area contributed by atoms with Gasteiger partial charge < -0.3 is 4.74 Å². The summed E-state index contributed by atoms with van der Waals surface area (Å²) in [6, 6.07) is 8.73. The highest BCUT2D eigenvalue weighted by Gasteiger charge is 2.28. The molecule has 1 heteroatoms. The number of rotatable bonds is 18. The van der Waals surface area contributed by atoms with Crippen molar-refractivity contribution in [1.29, 1.82) is 0 Å². The average molecular weight is 389 g/mol. The first kappa shape index (κ1) is 25.1. The van der Waals surface area contributed by atoms with Crippen molar-refractivity contribution < 1.29 is 4.74 Å². The molecule has 1 aromatic rings. The highest BCUT2D eigenvalue weighted by molar-refractivity contribution is 5.39. The Kier molecular flexibility index (Phi) is 14.2. The lowest BCUT2D eigenvalue weighted by Crippen LogP contribution is -2.23. The first-order valence-corrected chi connectivity index (χ1v) is 12.3. The summed E-state index contributed by atoms with van der Waals surface area (Å²) in [6.07, 6.45) is 22.0. The van der Waals surface area contributed by atoms with Crippen molar-refractivity contribution in [2.75, 3.05) is 7.11 Å². The summed E-state index contributed by atoms with van der Waals surface area (Å²) in [5.41, 5.74) is 1.67. The first-order valence-electron chi connectivity index (χ1n) is 12.3. The normalized spacial score (nSPS) is 13.4. The predicted molar refractivity (Wildman–Crippen MR) is 126 cm³/mol. The molecule has 0 aliphatic rings. The maximum Gasteiger partial charge on any atom is 0.122 e. The van der Waals surface area contributed by atoms with Crippen LogP contribution in [0.1, 0.15) is 129 Å². The summed E-state index contributed by atoms with van der Waals surface area (Å²) in [4.78, 5) is 0. The van der Waals surface area contributed by atoms with Gasteiger partial charge in [0.1, 0.15) is 5.75 Å². The van der Waals surface area contributed by atoms with Gasteiger partial charge in [-0.3, -0.25) is 0 Å². The maximum atomic E-state index is 5.73. The summed E-state index contributed by atoms with van der Waals surface area (Å²) < 4.78 is 5.73. The number of ether oxygens (including phenoxy) is 1. The molecule has 0 radical (unpaired) electrons. The van der Waals surface area contributed by atoms with Crippen LogP contribution in [0, 0.1) is 0 Å². The van der Waals surface area contributed by atoms with Gasteiger partial charge in [0.05, 0.1) is 7.11 Å². The Hall–Kier alpha value is -0.980. The van der Waals surface area contributed by atoms with Crippen LogP contribution in [0.2, 0.25) is 0 Å². The van der Waals surface area contributed by atoms with Gasteiger partial charge >= 0.3 is 0 Å². The van der Waals surface area contributed by atoms with E-state index in [0.29, 0.717) is 0 Å². The summed E-state index contributed by atoms with van der Waals surface area (Å²) in [7, 11) is 1.82. The molecule has 1 aromatic carbocycles. The van der Waals surface area contributed by atoms with Crippen LogP contribution in [-0.4, -0.2) is 7.11 Å². The van der Waals surface area contributed by atoms with Gasteiger partial charge in [-0.1, -0.05) is 129 Å². The smallest absolute Gasteiger partial charge is 0.122 e. The van der Waals surface area contributed by atoms with E-state index in [2.05, 4.69) is 45.0 Å². The maximum absolute atomic E-state index is 5.73. The lowest BCUT2D eigenvalue weighted by atomic mass is 9.73. The van der Waals surface area contributed by atoms with E-state index in [-0.39, 0.29) is 5.41 Å². The van der Waals surface area contributed by atoms with Crippen LogP contribution in [0.4, 0.5) is 0 Å². The lowest BCUT2D eigenvalue weighted by molar-refractivity contribution is 0.337. The zero-order chi connectivity index (χ0) is 20.5. The van der Waals surface area contributed by atoms with Crippen molar-refractivity contribution in [3.05, 3.63) is 29.8 Å². The fourth-order valence-electron chi connectivity index (χ4n) is 4.48. The highest BCUT2D eigenvalue weighted by Crippen LogP contribution is 2.40. The lowest BCUT2D eigenvalue weighted by Gasteiger charge is -2.32. The van der Waals surface area contributed by atoms with Gasteiger partial charge in [0.2, 0.25) is 0 Å². The van der Waals surface area contributed by atoms with E-state index in [9.17, 15) is 0 Å². The van der Waals surface area contributed by atoms with E-state index < -0.39 is 0 Å². The second-order valence-electron chi connectivity index (χ2n) is 9.00. The first-order chi connectivity index (χ1) is 13.7. The van der Waals surface area contributed by atoms with Crippen LogP contribution in [0.5, 0.6) is 5.75 Å². The summed E-state index contributed by atoms with van der Waals surface area (Å²) in [5.74, 6) is 1.08. The molecular weight excluding hydrogens is 340 g/mol. The topological polar surface area (TPSA) is 9.23 Å². The summed E-state index contributed by atoms with van der Waals surface area (Å²) in [5, 5.41) is 0. The Morgan fingerprint density at radius 2 is 1.07 bits per heavy atom. The van der Waals surface area contributed by atoms with E-state index in [1.807, 2.05) is 7.11 Å². The van der Waals surface area contributed by atoms with E-state index in [4.69, 9.17) is 4.74 Å². The second-order valence-corrected chi connectivity index (χ2v) is 9.00. The van der Waals surface area contributed by atoms with Crippen molar-refractivity contribution in [3.63, 3.8) is 0 Å². The van der Waals surface area contributed by atoms with Crippen molar-refractivity contribution >= 4 is 0 Å². The summed E-state index contributed by atoms with van der Waals surface area (Å²) in [6.45, 7) is 7.07. The standard InChI is InChI=1S/C27H48O/c1-5-7-9-11-13-14-16-20-24-27(3,23-19-15-12-10-8-6-2)25-21-17-18-22-26(25)28-4/h17-18,21-22H,5-16,19-20,23-24H2,1-4H3. The van der Waals surface area contributed by atoms with Crippen molar-refractivity contribution in [2.24, 2.45) is 0 Å². The Morgan fingerprint density at radius 3 is 1.54 bits per heavy atom. The molecule has 0 bridgehead atoms. The van der Waals surface area contributed by atoms with Crippen molar-refractivity contribution in [1.82, 2.24) is 0 Å².